The van der Waals surface area contributed by atoms with Crippen molar-refractivity contribution in [2.24, 2.45) is 13.0 Å². The lowest BCUT2D eigenvalue weighted by Gasteiger charge is -2.20. The molecule has 7 nitrogen and oxygen atoms in total. The summed E-state index contributed by atoms with van der Waals surface area (Å²) in [6, 6.07) is 3.48. The van der Waals surface area contributed by atoms with Crippen LogP contribution in [0.15, 0.2) is 22.8 Å². The number of nitrogens with zero attached hydrogens (tertiary/aromatic N) is 2. The lowest BCUT2D eigenvalue weighted by Crippen LogP contribution is -2.40. The summed E-state index contributed by atoms with van der Waals surface area (Å²) < 4.78 is 11.9. The number of carbonyl (C=O) groups excluding carboxylic acids is 2. The first-order valence-corrected chi connectivity index (χ1v) is 7.89. The summed E-state index contributed by atoms with van der Waals surface area (Å²) in [5.74, 6) is -0.658. The van der Waals surface area contributed by atoms with E-state index in [-0.39, 0.29) is 23.2 Å². The van der Waals surface area contributed by atoms with Crippen LogP contribution in [0.4, 0.5) is 0 Å². The summed E-state index contributed by atoms with van der Waals surface area (Å²) in [6.07, 6.45) is 0.581. The third-order valence-corrected chi connectivity index (χ3v) is 3.90. The van der Waals surface area contributed by atoms with Crippen LogP contribution in [0, 0.1) is 12.8 Å². The van der Waals surface area contributed by atoms with Crippen LogP contribution in [-0.4, -0.2) is 27.8 Å². The number of amides is 1. The Bertz CT molecular complexity index is 722. The van der Waals surface area contributed by atoms with Crippen molar-refractivity contribution in [1.82, 2.24) is 15.1 Å². The molecule has 0 spiro atoms. The Kier molecular flexibility index (Phi) is 5.66. The van der Waals surface area contributed by atoms with E-state index >= 15 is 0 Å². The second-order valence-electron chi connectivity index (χ2n) is 5.74. The Morgan fingerprint density at radius 3 is 2.67 bits per heavy atom. The Morgan fingerprint density at radius 2 is 2.17 bits per heavy atom. The van der Waals surface area contributed by atoms with Crippen molar-refractivity contribution in [1.29, 1.82) is 0 Å². The maximum atomic E-state index is 12.4. The molecule has 0 unspecified atom stereocenters. The molecule has 0 aliphatic carbocycles. The number of hydrogen-bond acceptors (Lipinski definition) is 5. The molecule has 2 rings (SSSR count). The first-order valence-electron chi connectivity index (χ1n) is 7.51. The predicted octanol–water partition coefficient (Wildman–Crippen LogP) is 2.47. The van der Waals surface area contributed by atoms with Crippen molar-refractivity contribution in [3.8, 4) is 0 Å². The molecule has 0 aliphatic heterocycles. The predicted molar refractivity (Wildman–Crippen MR) is 87.6 cm³/mol. The summed E-state index contributed by atoms with van der Waals surface area (Å²) in [6.45, 7) is 5.47. The summed E-state index contributed by atoms with van der Waals surface area (Å²) in [7, 11) is 1.63. The van der Waals surface area contributed by atoms with Crippen LogP contribution in [-0.2, 0) is 23.1 Å². The normalized spacial score (nSPS) is 12.2. The molecule has 130 valence electrons. The molecule has 2 aromatic heterocycles. The summed E-state index contributed by atoms with van der Waals surface area (Å²) in [4.78, 5) is 24.7. The van der Waals surface area contributed by atoms with Gasteiger partial charge in [-0.3, -0.25) is 9.48 Å². The molecule has 24 heavy (non-hydrogen) atoms. The number of furan rings is 1. The Balaban J connectivity index is 2.07. The molecule has 0 fully saturated rings. The van der Waals surface area contributed by atoms with Gasteiger partial charge in [0.05, 0.1) is 18.5 Å². The fourth-order valence-electron chi connectivity index (χ4n) is 2.22. The summed E-state index contributed by atoms with van der Waals surface area (Å²) in [5, 5.41) is 6.94. The van der Waals surface area contributed by atoms with E-state index in [2.05, 4.69) is 10.4 Å². The highest BCUT2D eigenvalue weighted by Gasteiger charge is 2.29. The number of nitrogens with one attached hydrogen (secondary N) is 1. The van der Waals surface area contributed by atoms with Gasteiger partial charge in [0.1, 0.15) is 16.5 Å². The van der Waals surface area contributed by atoms with Crippen LogP contribution in [0.25, 0.3) is 0 Å². The Morgan fingerprint density at radius 1 is 1.46 bits per heavy atom. The molecule has 0 saturated carbocycles. The molecule has 2 heterocycles. The average molecular weight is 354 g/mol. The molecule has 1 amide bonds. The van der Waals surface area contributed by atoms with Gasteiger partial charge in [-0.05, 0) is 25.0 Å². The SMILES string of the molecule is Cc1nn(C)c(Cl)c1C(=O)O[C@H](C(=O)NCc1ccco1)C(C)C. The van der Waals surface area contributed by atoms with E-state index in [1.807, 2.05) is 0 Å². The largest absolute Gasteiger partial charge is 0.467 e. The smallest absolute Gasteiger partial charge is 0.344 e. The molecule has 0 aromatic carbocycles. The standard InChI is InChI=1S/C16H20ClN3O4/c1-9(2)13(15(21)18-8-11-6-5-7-23-11)24-16(22)12-10(3)19-20(4)14(12)17/h5-7,9,13H,8H2,1-4H3,(H,18,21)/t13-/m0/s1. The first kappa shape index (κ1) is 18.1. The van der Waals surface area contributed by atoms with E-state index in [1.165, 1.54) is 10.9 Å². The zero-order valence-corrected chi connectivity index (χ0v) is 14.8. The topological polar surface area (TPSA) is 86.4 Å². The second kappa shape index (κ2) is 7.53. The van der Waals surface area contributed by atoms with Crippen LogP contribution in [0.5, 0.6) is 0 Å². The fourth-order valence-corrected chi connectivity index (χ4v) is 2.47. The van der Waals surface area contributed by atoms with Crippen molar-refractivity contribution in [2.45, 2.75) is 33.4 Å². The highest BCUT2D eigenvalue weighted by molar-refractivity contribution is 6.32. The number of esters is 1. The summed E-state index contributed by atoms with van der Waals surface area (Å²) >= 11 is 6.07. The number of carbonyl (C=O) groups is 2. The number of aromatic nitrogens is 2. The number of hydrogen-bond donors (Lipinski definition) is 1. The molecule has 0 radical (unpaired) electrons. The lowest BCUT2D eigenvalue weighted by atomic mass is 10.1. The highest BCUT2D eigenvalue weighted by Crippen LogP contribution is 2.21. The van der Waals surface area contributed by atoms with Gasteiger partial charge in [0.25, 0.3) is 5.91 Å². The number of rotatable bonds is 6. The molecule has 1 N–H and O–H groups in total. The van der Waals surface area contributed by atoms with Crippen molar-refractivity contribution >= 4 is 23.5 Å². The number of aryl methyl sites for hydroxylation is 2. The van der Waals surface area contributed by atoms with Crippen LogP contribution in [0.1, 0.15) is 35.7 Å². The average Bonchev–Trinajstić information content (AvgIpc) is 3.11. The van der Waals surface area contributed by atoms with E-state index in [0.717, 1.165) is 0 Å². The quantitative estimate of drug-likeness (QED) is 0.806. The van der Waals surface area contributed by atoms with Gasteiger partial charge in [-0.25, -0.2) is 4.79 Å². The number of halogens is 1. The van der Waals surface area contributed by atoms with E-state index < -0.39 is 18.0 Å². The van der Waals surface area contributed by atoms with Crippen molar-refractivity contribution in [3.63, 3.8) is 0 Å². The van der Waals surface area contributed by atoms with Crippen LogP contribution in [0.3, 0.4) is 0 Å². The van der Waals surface area contributed by atoms with Gasteiger partial charge in [0.2, 0.25) is 0 Å². The van der Waals surface area contributed by atoms with Gasteiger partial charge in [-0.1, -0.05) is 25.4 Å². The second-order valence-corrected chi connectivity index (χ2v) is 6.10. The maximum absolute atomic E-state index is 12.4. The minimum Gasteiger partial charge on any atom is -0.467 e. The van der Waals surface area contributed by atoms with Gasteiger partial charge in [-0.15, -0.1) is 0 Å². The van der Waals surface area contributed by atoms with Gasteiger partial charge in [0.15, 0.2) is 6.10 Å². The summed E-state index contributed by atoms with van der Waals surface area (Å²) in [5.41, 5.74) is 0.620. The molecule has 1 atom stereocenters. The molecule has 8 heteroatoms. The van der Waals surface area contributed by atoms with Crippen molar-refractivity contribution < 1.29 is 18.7 Å². The van der Waals surface area contributed by atoms with E-state index in [0.29, 0.717) is 11.5 Å². The molecule has 0 aliphatic rings. The van der Waals surface area contributed by atoms with Gasteiger partial charge in [0, 0.05) is 7.05 Å². The fraction of sp³-hybridized carbons (Fsp3) is 0.438. The minimum atomic E-state index is -0.942. The van der Waals surface area contributed by atoms with Crippen molar-refractivity contribution in [2.75, 3.05) is 0 Å². The molecule has 0 saturated heterocycles. The Hall–Kier alpha value is -2.28. The van der Waals surface area contributed by atoms with Gasteiger partial charge >= 0.3 is 5.97 Å². The maximum Gasteiger partial charge on any atom is 0.344 e. The van der Waals surface area contributed by atoms with Crippen LogP contribution in [0.2, 0.25) is 5.15 Å². The highest BCUT2D eigenvalue weighted by atomic mass is 35.5. The third-order valence-electron chi connectivity index (χ3n) is 3.47. The zero-order valence-electron chi connectivity index (χ0n) is 14.0. The first-order chi connectivity index (χ1) is 11.3. The lowest BCUT2D eigenvalue weighted by molar-refractivity contribution is -0.132. The van der Waals surface area contributed by atoms with E-state index in [9.17, 15) is 9.59 Å². The molecular formula is C16H20ClN3O4. The molecular weight excluding hydrogens is 334 g/mol. The Labute approximate surface area is 144 Å². The monoisotopic (exact) mass is 353 g/mol. The molecule has 2 aromatic rings. The van der Waals surface area contributed by atoms with Crippen LogP contribution >= 0.6 is 11.6 Å². The zero-order chi connectivity index (χ0) is 17.9. The number of ether oxygens (including phenoxy) is 1. The van der Waals surface area contributed by atoms with Crippen LogP contribution < -0.4 is 5.32 Å². The molecule has 0 bridgehead atoms. The third kappa shape index (κ3) is 3.97. The van der Waals surface area contributed by atoms with Gasteiger partial charge < -0.3 is 14.5 Å². The van der Waals surface area contributed by atoms with E-state index in [4.69, 9.17) is 20.8 Å². The van der Waals surface area contributed by atoms with Gasteiger partial charge in [-0.2, -0.15) is 5.10 Å². The van der Waals surface area contributed by atoms with Crippen molar-refractivity contribution in [3.05, 3.63) is 40.6 Å². The minimum absolute atomic E-state index is 0.170. The van der Waals surface area contributed by atoms with E-state index in [1.54, 1.807) is 40.0 Å².